The fraction of sp³-hybridized carbons (Fsp3) is 0.381. The van der Waals surface area contributed by atoms with Crippen LogP contribution in [0, 0.1) is 6.92 Å². The Bertz CT molecular complexity index is 1000. The molecule has 3 aromatic rings. The Kier molecular flexibility index (Phi) is 5.81. The zero-order chi connectivity index (χ0) is 21.2. The van der Waals surface area contributed by atoms with E-state index in [0.29, 0.717) is 17.1 Å². The SMILES string of the molecule is CCC(F)(F)c1cc(C(C)C)nc(Nc2ccc(-n3cnc(C)c3)c(OC)c2)n1. The van der Waals surface area contributed by atoms with Gasteiger partial charge in [0.2, 0.25) is 5.95 Å². The number of hydrogen-bond acceptors (Lipinski definition) is 5. The van der Waals surface area contributed by atoms with Crippen LogP contribution >= 0.6 is 0 Å². The second-order valence-electron chi connectivity index (χ2n) is 7.15. The van der Waals surface area contributed by atoms with E-state index >= 15 is 0 Å². The first-order chi connectivity index (χ1) is 13.7. The van der Waals surface area contributed by atoms with Crippen molar-refractivity contribution in [2.24, 2.45) is 0 Å². The number of ether oxygens (including phenoxy) is 1. The summed E-state index contributed by atoms with van der Waals surface area (Å²) in [7, 11) is 1.57. The van der Waals surface area contributed by atoms with E-state index in [4.69, 9.17) is 4.74 Å². The summed E-state index contributed by atoms with van der Waals surface area (Å²) in [6, 6.07) is 6.82. The molecule has 0 atom stereocenters. The minimum absolute atomic E-state index is 0.00801. The third kappa shape index (κ3) is 4.52. The van der Waals surface area contributed by atoms with Gasteiger partial charge in [-0.3, -0.25) is 0 Å². The van der Waals surface area contributed by atoms with E-state index in [0.717, 1.165) is 11.4 Å². The second kappa shape index (κ2) is 8.14. The van der Waals surface area contributed by atoms with Gasteiger partial charge in [-0.25, -0.2) is 15.0 Å². The highest BCUT2D eigenvalue weighted by Crippen LogP contribution is 2.33. The predicted octanol–water partition coefficient (Wildman–Crippen LogP) is 5.35. The van der Waals surface area contributed by atoms with Crippen molar-refractivity contribution in [1.29, 1.82) is 0 Å². The van der Waals surface area contributed by atoms with Crippen LogP contribution in [0.15, 0.2) is 36.8 Å². The number of alkyl halides is 2. The minimum atomic E-state index is -3.01. The van der Waals surface area contributed by atoms with E-state index in [2.05, 4.69) is 20.3 Å². The molecule has 0 amide bonds. The average Bonchev–Trinajstić information content (AvgIpc) is 3.13. The van der Waals surface area contributed by atoms with Crippen LogP contribution in [0.3, 0.4) is 0 Å². The zero-order valence-corrected chi connectivity index (χ0v) is 17.2. The number of aromatic nitrogens is 4. The van der Waals surface area contributed by atoms with E-state index in [-0.39, 0.29) is 24.0 Å². The maximum absolute atomic E-state index is 14.3. The Morgan fingerprint density at radius 3 is 2.55 bits per heavy atom. The number of imidazole rings is 1. The van der Waals surface area contributed by atoms with E-state index in [1.165, 1.54) is 13.0 Å². The number of benzene rings is 1. The number of rotatable bonds is 7. The number of methoxy groups -OCH3 is 1. The molecule has 8 heteroatoms. The van der Waals surface area contributed by atoms with Crippen LogP contribution in [-0.4, -0.2) is 26.6 Å². The molecule has 2 heterocycles. The highest BCUT2D eigenvalue weighted by atomic mass is 19.3. The van der Waals surface area contributed by atoms with Crippen LogP contribution in [-0.2, 0) is 5.92 Å². The Balaban J connectivity index is 1.97. The van der Waals surface area contributed by atoms with Crippen molar-refractivity contribution in [3.05, 3.63) is 53.9 Å². The molecule has 0 fully saturated rings. The van der Waals surface area contributed by atoms with Gasteiger partial charge in [-0.15, -0.1) is 0 Å². The molecule has 1 aromatic carbocycles. The molecule has 2 aromatic heterocycles. The lowest BCUT2D eigenvalue weighted by Gasteiger charge is -2.17. The maximum atomic E-state index is 14.3. The molecule has 29 heavy (non-hydrogen) atoms. The summed E-state index contributed by atoms with van der Waals surface area (Å²) in [6.07, 6.45) is 3.27. The quantitative estimate of drug-likeness (QED) is 0.578. The summed E-state index contributed by atoms with van der Waals surface area (Å²) in [4.78, 5) is 12.7. The third-order valence-electron chi connectivity index (χ3n) is 4.58. The summed E-state index contributed by atoms with van der Waals surface area (Å²) in [5.74, 6) is -2.28. The summed E-state index contributed by atoms with van der Waals surface area (Å²) in [5.41, 5.74) is 2.61. The molecule has 154 valence electrons. The Morgan fingerprint density at radius 2 is 1.97 bits per heavy atom. The normalized spacial score (nSPS) is 11.7. The second-order valence-corrected chi connectivity index (χ2v) is 7.15. The van der Waals surface area contributed by atoms with Crippen LogP contribution in [0.25, 0.3) is 5.69 Å². The molecular weight excluding hydrogens is 376 g/mol. The van der Waals surface area contributed by atoms with Gasteiger partial charge in [0.1, 0.15) is 11.4 Å². The third-order valence-corrected chi connectivity index (χ3v) is 4.58. The van der Waals surface area contributed by atoms with Gasteiger partial charge in [-0.2, -0.15) is 8.78 Å². The molecule has 0 saturated heterocycles. The first kappa shape index (κ1) is 20.7. The molecule has 0 aliphatic heterocycles. The molecule has 3 rings (SSSR count). The summed E-state index contributed by atoms with van der Waals surface area (Å²) in [5, 5.41) is 3.03. The van der Waals surface area contributed by atoms with Crippen LogP contribution < -0.4 is 10.1 Å². The van der Waals surface area contributed by atoms with Gasteiger partial charge in [0, 0.05) is 30.1 Å². The number of nitrogens with one attached hydrogen (secondary N) is 1. The van der Waals surface area contributed by atoms with Gasteiger partial charge in [0.05, 0.1) is 24.8 Å². The molecule has 0 unspecified atom stereocenters. The van der Waals surface area contributed by atoms with Crippen molar-refractivity contribution in [3.8, 4) is 11.4 Å². The van der Waals surface area contributed by atoms with Crippen LogP contribution in [0.5, 0.6) is 5.75 Å². The minimum Gasteiger partial charge on any atom is -0.494 e. The van der Waals surface area contributed by atoms with Crippen molar-refractivity contribution in [1.82, 2.24) is 19.5 Å². The predicted molar refractivity (Wildman–Crippen MR) is 108 cm³/mol. The van der Waals surface area contributed by atoms with E-state index < -0.39 is 5.92 Å². The van der Waals surface area contributed by atoms with Gasteiger partial charge in [0.25, 0.3) is 5.92 Å². The highest BCUT2D eigenvalue weighted by Gasteiger charge is 2.32. The van der Waals surface area contributed by atoms with Crippen LogP contribution in [0.2, 0.25) is 0 Å². The van der Waals surface area contributed by atoms with Crippen molar-refractivity contribution >= 4 is 11.6 Å². The lowest BCUT2D eigenvalue weighted by Crippen LogP contribution is -2.16. The lowest BCUT2D eigenvalue weighted by atomic mass is 10.1. The molecular formula is C21H25F2N5O. The Morgan fingerprint density at radius 1 is 1.21 bits per heavy atom. The number of aryl methyl sites for hydroxylation is 1. The number of nitrogens with zero attached hydrogens (tertiary/aromatic N) is 4. The largest absolute Gasteiger partial charge is 0.494 e. The topological polar surface area (TPSA) is 64.9 Å². The first-order valence-corrected chi connectivity index (χ1v) is 9.46. The standard InChI is InChI=1S/C21H25F2N5O/c1-6-21(22,23)19-10-16(13(2)3)26-20(27-19)25-15-7-8-17(18(9-15)29-5)28-11-14(4)24-12-28/h7-13H,6H2,1-5H3,(H,25,26,27). The van der Waals surface area contributed by atoms with E-state index in [1.807, 2.05) is 43.7 Å². The monoisotopic (exact) mass is 401 g/mol. The molecule has 0 radical (unpaired) electrons. The summed E-state index contributed by atoms with van der Waals surface area (Å²) >= 11 is 0. The average molecular weight is 401 g/mol. The van der Waals surface area contributed by atoms with Crippen molar-refractivity contribution in [2.45, 2.75) is 46.0 Å². The maximum Gasteiger partial charge on any atom is 0.289 e. The summed E-state index contributed by atoms with van der Waals surface area (Å²) in [6.45, 7) is 7.16. The number of anilines is 2. The lowest BCUT2D eigenvalue weighted by molar-refractivity contribution is -0.0129. The molecule has 6 nitrogen and oxygen atoms in total. The molecule has 0 saturated carbocycles. The zero-order valence-electron chi connectivity index (χ0n) is 17.2. The molecule has 0 bridgehead atoms. The molecule has 0 aliphatic rings. The molecule has 0 aliphatic carbocycles. The van der Waals surface area contributed by atoms with Gasteiger partial charge in [-0.1, -0.05) is 20.8 Å². The molecule has 0 spiro atoms. The number of hydrogen-bond donors (Lipinski definition) is 1. The smallest absolute Gasteiger partial charge is 0.289 e. The van der Waals surface area contributed by atoms with Crippen molar-refractivity contribution in [2.75, 3.05) is 12.4 Å². The van der Waals surface area contributed by atoms with Crippen LogP contribution in [0.1, 0.15) is 50.2 Å². The fourth-order valence-electron chi connectivity index (χ4n) is 2.84. The summed E-state index contributed by atoms with van der Waals surface area (Å²) < 4.78 is 35.9. The highest BCUT2D eigenvalue weighted by molar-refractivity contribution is 5.62. The van der Waals surface area contributed by atoms with E-state index in [9.17, 15) is 8.78 Å². The number of halogens is 2. The van der Waals surface area contributed by atoms with E-state index in [1.54, 1.807) is 19.5 Å². The Labute approximate surface area is 169 Å². The van der Waals surface area contributed by atoms with Gasteiger partial charge in [0.15, 0.2) is 0 Å². The van der Waals surface area contributed by atoms with Crippen molar-refractivity contribution in [3.63, 3.8) is 0 Å². The Hall–Kier alpha value is -3.03. The van der Waals surface area contributed by atoms with Gasteiger partial charge in [-0.05, 0) is 31.0 Å². The molecule has 1 N–H and O–H groups in total. The fourth-order valence-corrected chi connectivity index (χ4v) is 2.84. The van der Waals surface area contributed by atoms with Gasteiger partial charge >= 0.3 is 0 Å². The van der Waals surface area contributed by atoms with Gasteiger partial charge < -0.3 is 14.6 Å². The van der Waals surface area contributed by atoms with Crippen LogP contribution in [0.4, 0.5) is 20.4 Å². The van der Waals surface area contributed by atoms with Crippen molar-refractivity contribution < 1.29 is 13.5 Å². The first-order valence-electron chi connectivity index (χ1n) is 9.46.